The molecule has 0 spiro atoms. The molecule has 112 valence electrons. The summed E-state index contributed by atoms with van der Waals surface area (Å²) >= 11 is 0. The predicted octanol–water partition coefficient (Wildman–Crippen LogP) is 4.29. The van der Waals surface area contributed by atoms with Crippen LogP contribution in [0.25, 0.3) is 0 Å². The van der Waals surface area contributed by atoms with Crippen molar-refractivity contribution in [3.63, 3.8) is 0 Å². The average Bonchev–Trinajstić information content (AvgIpc) is 2.51. The fourth-order valence-electron chi connectivity index (χ4n) is 2.44. The molecule has 2 heteroatoms. The van der Waals surface area contributed by atoms with Gasteiger partial charge in [-0.2, -0.15) is 0 Å². The number of benzene rings is 2. The van der Waals surface area contributed by atoms with Gasteiger partial charge in [0.05, 0.1) is 6.04 Å². The van der Waals surface area contributed by atoms with E-state index in [0.29, 0.717) is 6.61 Å². The number of ether oxygens (including phenoxy) is 1. The Morgan fingerprint density at radius 3 is 2.38 bits per heavy atom. The van der Waals surface area contributed by atoms with Gasteiger partial charge >= 0.3 is 0 Å². The average molecular weight is 283 g/mol. The van der Waals surface area contributed by atoms with Crippen LogP contribution in [0.4, 0.5) is 0 Å². The molecule has 0 aromatic heterocycles. The van der Waals surface area contributed by atoms with Crippen molar-refractivity contribution in [2.45, 2.75) is 32.7 Å². The molecule has 0 aliphatic heterocycles. The molecule has 1 N–H and O–H groups in total. The molecule has 2 aromatic carbocycles. The highest BCUT2D eigenvalue weighted by atomic mass is 16.5. The molecular weight excluding hydrogens is 258 g/mol. The van der Waals surface area contributed by atoms with Crippen molar-refractivity contribution in [2.24, 2.45) is 0 Å². The number of para-hydroxylation sites is 1. The molecule has 2 nitrogen and oxygen atoms in total. The lowest BCUT2D eigenvalue weighted by atomic mass is 10.0. The van der Waals surface area contributed by atoms with E-state index in [9.17, 15) is 0 Å². The van der Waals surface area contributed by atoms with E-state index < -0.39 is 0 Å². The zero-order chi connectivity index (χ0) is 15.1. The molecule has 0 saturated carbocycles. The van der Waals surface area contributed by atoms with Crippen LogP contribution in [0.2, 0.25) is 0 Å². The monoisotopic (exact) mass is 283 g/mol. The van der Waals surface area contributed by atoms with Gasteiger partial charge in [-0.3, -0.25) is 0 Å². The van der Waals surface area contributed by atoms with Gasteiger partial charge in [0, 0.05) is 0 Å². The van der Waals surface area contributed by atoms with Crippen LogP contribution in [0.5, 0.6) is 5.75 Å². The lowest BCUT2D eigenvalue weighted by Crippen LogP contribution is -2.23. The molecule has 0 radical (unpaired) electrons. The van der Waals surface area contributed by atoms with Crippen LogP contribution in [-0.2, 0) is 6.42 Å². The zero-order valence-corrected chi connectivity index (χ0v) is 13.2. The van der Waals surface area contributed by atoms with Gasteiger partial charge in [0.15, 0.2) is 0 Å². The first kappa shape index (κ1) is 15.6. The molecule has 0 amide bonds. The van der Waals surface area contributed by atoms with Gasteiger partial charge in [-0.15, -0.1) is 0 Å². The topological polar surface area (TPSA) is 21.3 Å². The van der Waals surface area contributed by atoms with Gasteiger partial charge in [0.2, 0.25) is 0 Å². The van der Waals surface area contributed by atoms with E-state index in [2.05, 4.69) is 49.5 Å². The quantitative estimate of drug-likeness (QED) is 0.818. The van der Waals surface area contributed by atoms with Gasteiger partial charge in [-0.05, 0) is 43.1 Å². The van der Waals surface area contributed by atoms with Crippen LogP contribution in [0, 0.1) is 6.92 Å². The summed E-state index contributed by atoms with van der Waals surface area (Å²) in [4.78, 5) is 0. The first-order chi connectivity index (χ1) is 10.2. The van der Waals surface area contributed by atoms with Crippen molar-refractivity contribution in [3.8, 4) is 5.75 Å². The Bertz CT molecular complexity index is 548. The number of nitrogens with one attached hydrogen (secondary N) is 1. The Balaban J connectivity index is 2.01. The second-order valence-corrected chi connectivity index (χ2v) is 5.41. The van der Waals surface area contributed by atoms with E-state index in [1.54, 1.807) is 0 Å². The molecule has 21 heavy (non-hydrogen) atoms. The summed E-state index contributed by atoms with van der Waals surface area (Å²) in [7, 11) is 1.98. The summed E-state index contributed by atoms with van der Waals surface area (Å²) in [5.41, 5.74) is 3.84. The Morgan fingerprint density at radius 2 is 1.76 bits per heavy atom. The maximum Gasteiger partial charge on any atom is 0.122 e. The summed E-state index contributed by atoms with van der Waals surface area (Å²) in [6.45, 7) is 4.91. The maximum atomic E-state index is 5.96. The molecule has 2 aromatic rings. The van der Waals surface area contributed by atoms with Gasteiger partial charge in [0.1, 0.15) is 12.4 Å². The molecule has 0 heterocycles. The molecule has 0 saturated heterocycles. The molecule has 1 atom stereocenters. The third kappa shape index (κ3) is 4.33. The van der Waals surface area contributed by atoms with Crippen LogP contribution in [0.1, 0.15) is 36.1 Å². The lowest BCUT2D eigenvalue weighted by Gasteiger charge is -2.18. The minimum absolute atomic E-state index is 0.209. The first-order valence-corrected chi connectivity index (χ1v) is 7.69. The van der Waals surface area contributed by atoms with E-state index in [-0.39, 0.29) is 6.04 Å². The second-order valence-electron chi connectivity index (χ2n) is 5.41. The van der Waals surface area contributed by atoms with E-state index in [0.717, 1.165) is 12.2 Å². The van der Waals surface area contributed by atoms with Gasteiger partial charge in [-0.1, -0.05) is 55.8 Å². The Labute approximate surface area is 128 Å². The molecule has 0 bridgehead atoms. The van der Waals surface area contributed by atoms with Crippen LogP contribution >= 0.6 is 0 Å². The zero-order valence-electron chi connectivity index (χ0n) is 13.2. The van der Waals surface area contributed by atoms with Crippen LogP contribution in [0.3, 0.4) is 0 Å². The van der Waals surface area contributed by atoms with Gasteiger partial charge in [-0.25, -0.2) is 0 Å². The largest absolute Gasteiger partial charge is 0.491 e. The summed E-state index contributed by atoms with van der Waals surface area (Å²) in [6, 6.07) is 17.2. The number of likely N-dealkylation sites (N-methyl/N-ethyl adjacent to an activating group) is 1. The van der Waals surface area contributed by atoms with Crippen LogP contribution in [0.15, 0.2) is 48.5 Å². The third-order valence-electron chi connectivity index (χ3n) is 3.77. The molecular formula is C19H25NO. The normalized spacial score (nSPS) is 12.1. The van der Waals surface area contributed by atoms with Crippen molar-refractivity contribution in [1.82, 2.24) is 5.32 Å². The van der Waals surface area contributed by atoms with E-state index >= 15 is 0 Å². The molecule has 0 aliphatic carbocycles. The lowest BCUT2D eigenvalue weighted by molar-refractivity contribution is 0.271. The second kappa shape index (κ2) is 7.84. The highest BCUT2D eigenvalue weighted by molar-refractivity contribution is 5.32. The predicted molar refractivity (Wildman–Crippen MR) is 88.9 cm³/mol. The minimum atomic E-state index is 0.209. The highest BCUT2D eigenvalue weighted by Gasteiger charge is 2.10. The van der Waals surface area contributed by atoms with Crippen LogP contribution < -0.4 is 10.1 Å². The maximum absolute atomic E-state index is 5.96. The van der Waals surface area contributed by atoms with E-state index in [1.165, 1.54) is 23.1 Å². The summed E-state index contributed by atoms with van der Waals surface area (Å²) < 4.78 is 5.96. The molecule has 2 rings (SSSR count). The number of rotatable bonds is 7. The molecule has 0 fully saturated rings. The summed E-state index contributed by atoms with van der Waals surface area (Å²) in [6.07, 6.45) is 2.33. The Kier molecular flexibility index (Phi) is 5.82. The summed E-state index contributed by atoms with van der Waals surface area (Å²) in [5, 5.41) is 3.33. The van der Waals surface area contributed by atoms with Gasteiger partial charge < -0.3 is 10.1 Å². The van der Waals surface area contributed by atoms with Crippen molar-refractivity contribution in [3.05, 3.63) is 65.2 Å². The minimum Gasteiger partial charge on any atom is -0.491 e. The number of hydrogen-bond donors (Lipinski definition) is 1. The number of aryl methyl sites for hydroxylation is 2. The Hall–Kier alpha value is -1.80. The summed E-state index contributed by atoms with van der Waals surface area (Å²) in [5.74, 6) is 0.959. The molecule has 0 aliphatic rings. The highest BCUT2D eigenvalue weighted by Crippen LogP contribution is 2.20. The van der Waals surface area contributed by atoms with Crippen molar-refractivity contribution >= 4 is 0 Å². The standard InChI is InChI=1S/C19H25NO/c1-4-7-16-10-12-17(13-11-16)18(20-3)14-21-19-9-6-5-8-15(19)2/h5-6,8-13,18,20H,4,7,14H2,1-3H3. The van der Waals surface area contributed by atoms with Crippen molar-refractivity contribution in [1.29, 1.82) is 0 Å². The number of hydrogen-bond acceptors (Lipinski definition) is 2. The van der Waals surface area contributed by atoms with Crippen LogP contribution in [-0.4, -0.2) is 13.7 Å². The van der Waals surface area contributed by atoms with E-state index in [4.69, 9.17) is 4.74 Å². The van der Waals surface area contributed by atoms with Crippen molar-refractivity contribution < 1.29 is 4.74 Å². The SMILES string of the molecule is CCCc1ccc(C(COc2ccccc2C)NC)cc1. The third-order valence-corrected chi connectivity index (χ3v) is 3.77. The van der Waals surface area contributed by atoms with E-state index in [1.807, 2.05) is 25.2 Å². The fraction of sp³-hybridized carbons (Fsp3) is 0.368. The molecule has 1 unspecified atom stereocenters. The van der Waals surface area contributed by atoms with Crippen molar-refractivity contribution in [2.75, 3.05) is 13.7 Å². The Morgan fingerprint density at radius 1 is 1.05 bits per heavy atom. The fourth-order valence-corrected chi connectivity index (χ4v) is 2.44. The van der Waals surface area contributed by atoms with Gasteiger partial charge in [0.25, 0.3) is 0 Å². The smallest absolute Gasteiger partial charge is 0.122 e. The first-order valence-electron chi connectivity index (χ1n) is 7.69.